The second-order valence-electron chi connectivity index (χ2n) is 5.04. The standard InChI is InChI=1S/C16H18IN3O2S/c1-11(20-15(21)10-19-23-17)16(22)18-9-13-7-4-6-12-5-2-3-8-14(12)13/h2-8,11,19H,9-10H2,1H3,(H,18,22)(H,20,21). The molecular formula is C16H18IN3O2S. The van der Waals surface area contributed by atoms with E-state index < -0.39 is 6.04 Å². The van der Waals surface area contributed by atoms with Crippen LogP contribution in [0.5, 0.6) is 0 Å². The molecule has 5 nitrogen and oxygen atoms in total. The first kappa shape index (κ1) is 18.0. The Kier molecular flexibility index (Phi) is 7.13. The average molecular weight is 443 g/mol. The summed E-state index contributed by atoms with van der Waals surface area (Å²) in [6.07, 6.45) is 0. The number of carbonyl (C=O) groups excluding carboxylic acids is 2. The maximum atomic E-state index is 12.1. The van der Waals surface area contributed by atoms with Gasteiger partial charge in [-0.3, -0.25) is 9.59 Å². The van der Waals surface area contributed by atoms with E-state index in [9.17, 15) is 9.59 Å². The van der Waals surface area contributed by atoms with Crippen molar-refractivity contribution in [3.63, 3.8) is 0 Å². The summed E-state index contributed by atoms with van der Waals surface area (Å²) in [7, 11) is 1.33. The van der Waals surface area contributed by atoms with Crippen LogP contribution in [0.2, 0.25) is 0 Å². The predicted octanol–water partition coefficient (Wildman–Crippen LogP) is 2.55. The van der Waals surface area contributed by atoms with Crippen molar-refractivity contribution in [3.05, 3.63) is 48.0 Å². The van der Waals surface area contributed by atoms with Gasteiger partial charge in [0.2, 0.25) is 11.8 Å². The average Bonchev–Trinajstić information content (AvgIpc) is 2.57. The van der Waals surface area contributed by atoms with E-state index in [2.05, 4.69) is 15.4 Å². The third kappa shape index (κ3) is 5.36. The molecule has 2 rings (SSSR count). The highest BCUT2D eigenvalue weighted by atomic mass is 127. The molecule has 7 heteroatoms. The first-order chi connectivity index (χ1) is 11.1. The van der Waals surface area contributed by atoms with Gasteiger partial charge in [-0.2, -0.15) is 0 Å². The van der Waals surface area contributed by atoms with E-state index in [0.717, 1.165) is 16.3 Å². The van der Waals surface area contributed by atoms with Gasteiger partial charge in [0, 0.05) is 27.8 Å². The summed E-state index contributed by atoms with van der Waals surface area (Å²) in [5.41, 5.74) is 1.05. The minimum Gasteiger partial charge on any atom is -0.350 e. The van der Waals surface area contributed by atoms with Crippen LogP contribution in [0.3, 0.4) is 0 Å². The van der Waals surface area contributed by atoms with Crippen molar-refractivity contribution >= 4 is 52.9 Å². The highest BCUT2D eigenvalue weighted by molar-refractivity contribution is 14.2. The lowest BCUT2D eigenvalue weighted by Gasteiger charge is -2.15. The summed E-state index contributed by atoms with van der Waals surface area (Å²) >= 11 is 2.04. The number of fused-ring (bicyclic) bond motifs is 1. The van der Waals surface area contributed by atoms with Crippen LogP contribution in [0.25, 0.3) is 10.8 Å². The minimum atomic E-state index is -0.571. The van der Waals surface area contributed by atoms with E-state index in [1.807, 2.05) is 63.7 Å². The Morgan fingerprint density at radius 3 is 2.70 bits per heavy atom. The van der Waals surface area contributed by atoms with Crippen LogP contribution in [-0.4, -0.2) is 24.4 Å². The fraction of sp³-hybridized carbons (Fsp3) is 0.250. The highest BCUT2D eigenvalue weighted by Crippen LogP contribution is 2.18. The van der Waals surface area contributed by atoms with Crippen molar-refractivity contribution in [1.82, 2.24) is 15.4 Å². The maximum Gasteiger partial charge on any atom is 0.242 e. The number of halogens is 1. The summed E-state index contributed by atoms with van der Waals surface area (Å²) in [6, 6.07) is 13.5. The molecule has 0 fully saturated rings. The molecule has 0 aliphatic carbocycles. The van der Waals surface area contributed by atoms with E-state index in [-0.39, 0.29) is 18.4 Å². The van der Waals surface area contributed by atoms with Gasteiger partial charge in [-0.25, -0.2) is 4.72 Å². The zero-order chi connectivity index (χ0) is 16.7. The molecule has 2 aromatic carbocycles. The zero-order valence-corrected chi connectivity index (χ0v) is 15.6. The Bertz CT molecular complexity index is 691. The SMILES string of the molecule is CC(NC(=O)CNSI)C(=O)NCc1cccc2ccccc12. The molecule has 0 saturated heterocycles. The normalized spacial score (nSPS) is 11.9. The van der Waals surface area contributed by atoms with Crippen LogP contribution in [-0.2, 0) is 16.1 Å². The maximum absolute atomic E-state index is 12.1. The fourth-order valence-corrected chi connectivity index (χ4v) is 2.89. The summed E-state index contributed by atoms with van der Waals surface area (Å²) < 4.78 is 2.83. The van der Waals surface area contributed by atoms with Gasteiger partial charge in [-0.15, -0.1) is 0 Å². The van der Waals surface area contributed by atoms with Gasteiger partial charge < -0.3 is 10.6 Å². The van der Waals surface area contributed by atoms with Crippen LogP contribution in [0.1, 0.15) is 12.5 Å². The first-order valence-corrected chi connectivity index (χ1v) is 10.5. The van der Waals surface area contributed by atoms with Crippen LogP contribution < -0.4 is 15.4 Å². The monoisotopic (exact) mass is 443 g/mol. The lowest BCUT2D eigenvalue weighted by atomic mass is 10.0. The van der Waals surface area contributed by atoms with Crippen molar-refractivity contribution in [2.75, 3.05) is 6.54 Å². The molecule has 2 aromatic rings. The fourth-order valence-electron chi connectivity index (χ4n) is 2.23. The number of benzene rings is 2. The Balaban J connectivity index is 1.91. The zero-order valence-electron chi connectivity index (χ0n) is 12.6. The molecule has 0 saturated carbocycles. The van der Waals surface area contributed by atoms with Crippen molar-refractivity contribution in [2.24, 2.45) is 0 Å². The van der Waals surface area contributed by atoms with Gasteiger partial charge in [0.05, 0.1) is 6.54 Å². The quantitative estimate of drug-likeness (QED) is 0.455. The summed E-state index contributed by atoms with van der Waals surface area (Å²) in [4.78, 5) is 23.7. The molecule has 2 amide bonds. The number of nitrogens with one attached hydrogen (secondary N) is 3. The van der Waals surface area contributed by atoms with Gasteiger partial charge in [-0.05, 0) is 32.4 Å². The third-order valence-corrected chi connectivity index (χ3v) is 4.58. The first-order valence-electron chi connectivity index (χ1n) is 7.16. The number of hydrogen-bond acceptors (Lipinski definition) is 4. The molecule has 1 unspecified atom stereocenters. The molecule has 1 atom stereocenters. The largest absolute Gasteiger partial charge is 0.350 e. The van der Waals surface area contributed by atoms with Crippen LogP contribution in [0.4, 0.5) is 0 Å². The Morgan fingerprint density at radius 1 is 1.17 bits per heavy atom. The lowest BCUT2D eigenvalue weighted by molar-refractivity contribution is -0.128. The van der Waals surface area contributed by atoms with E-state index in [1.165, 1.54) is 9.12 Å². The Labute approximate surface area is 151 Å². The van der Waals surface area contributed by atoms with Gasteiger partial charge in [0.25, 0.3) is 0 Å². The number of carbonyl (C=O) groups is 2. The molecule has 0 radical (unpaired) electrons. The summed E-state index contributed by atoms with van der Waals surface area (Å²) in [5, 5.41) is 7.79. The molecule has 0 bridgehead atoms. The van der Waals surface area contributed by atoms with E-state index >= 15 is 0 Å². The van der Waals surface area contributed by atoms with Crippen LogP contribution in [0, 0.1) is 0 Å². The van der Waals surface area contributed by atoms with E-state index in [4.69, 9.17) is 0 Å². The van der Waals surface area contributed by atoms with Crippen molar-refractivity contribution in [3.8, 4) is 0 Å². The highest BCUT2D eigenvalue weighted by Gasteiger charge is 2.15. The lowest BCUT2D eigenvalue weighted by Crippen LogP contribution is -2.46. The molecule has 0 aliphatic rings. The molecule has 3 N–H and O–H groups in total. The van der Waals surface area contributed by atoms with Gasteiger partial charge in [-0.1, -0.05) is 42.5 Å². The minimum absolute atomic E-state index is 0.175. The van der Waals surface area contributed by atoms with Gasteiger partial charge in [0.1, 0.15) is 6.04 Å². The molecule has 0 spiro atoms. The van der Waals surface area contributed by atoms with E-state index in [0.29, 0.717) is 6.54 Å². The van der Waals surface area contributed by atoms with Gasteiger partial charge >= 0.3 is 0 Å². The Hall–Kier alpha value is -1.32. The molecule has 0 heterocycles. The second-order valence-corrected chi connectivity index (χ2v) is 6.81. The van der Waals surface area contributed by atoms with Crippen LogP contribution in [0.15, 0.2) is 42.5 Å². The molecule has 122 valence electrons. The van der Waals surface area contributed by atoms with Gasteiger partial charge in [0.15, 0.2) is 0 Å². The predicted molar refractivity (Wildman–Crippen MR) is 103 cm³/mol. The molecular weight excluding hydrogens is 425 g/mol. The number of rotatable bonds is 7. The van der Waals surface area contributed by atoms with Crippen molar-refractivity contribution in [1.29, 1.82) is 0 Å². The summed E-state index contributed by atoms with van der Waals surface area (Å²) in [5.74, 6) is -0.407. The van der Waals surface area contributed by atoms with Crippen LogP contribution >= 0.6 is 30.3 Å². The summed E-state index contributed by atoms with van der Waals surface area (Å²) in [6.45, 7) is 2.28. The number of amides is 2. The topological polar surface area (TPSA) is 70.2 Å². The molecule has 0 aromatic heterocycles. The third-order valence-electron chi connectivity index (χ3n) is 3.39. The number of hydrogen-bond donors (Lipinski definition) is 3. The Morgan fingerprint density at radius 2 is 1.91 bits per heavy atom. The van der Waals surface area contributed by atoms with Crippen molar-refractivity contribution in [2.45, 2.75) is 19.5 Å². The second kappa shape index (κ2) is 9.09. The molecule has 23 heavy (non-hydrogen) atoms. The smallest absolute Gasteiger partial charge is 0.242 e. The molecule has 0 aliphatic heterocycles. The van der Waals surface area contributed by atoms with Crippen molar-refractivity contribution < 1.29 is 9.59 Å². The van der Waals surface area contributed by atoms with E-state index in [1.54, 1.807) is 6.92 Å².